The summed E-state index contributed by atoms with van der Waals surface area (Å²) in [6, 6.07) is 6.45. The highest BCUT2D eigenvalue weighted by Gasteiger charge is 2.38. The van der Waals surface area contributed by atoms with Crippen LogP contribution in [-0.4, -0.2) is 40.1 Å². The minimum atomic E-state index is -4.67. The van der Waals surface area contributed by atoms with Crippen molar-refractivity contribution >= 4 is 5.91 Å². The van der Waals surface area contributed by atoms with Crippen molar-refractivity contribution in [2.45, 2.75) is 38.0 Å². The van der Waals surface area contributed by atoms with Gasteiger partial charge in [0, 0.05) is 24.4 Å². The lowest BCUT2D eigenvalue weighted by atomic mass is 9.84. The average Bonchev–Trinajstić information content (AvgIpc) is 3.23. The van der Waals surface area contributed by atoms with Gasteiger partial charge in [-0.1, -0.05) is 11.6 Å². The number of amides is 1. The third kappa shape index (κ3) is 3.77. The van der Waals surface area contributed by atoms with Crippen LogP contribution in [0.5, 0.6) is 5.75 Å². The molecule has 1 aromatic heterocycles. The fraction of sp³-hybridized carbons (Fsp3) is 0.500. The van der Waals surface area contributed by atoms with Gasteiger partial charge in [-0.25, -0.2) is 0 Å². The molecule has 2 aromatic rings. The van der Waals surface area contributed by atoms with Crippen LogP contribution >= 0.6 is 0 Å². The summed E-state index contributed by atoms with van der Waals surface area (Å²) < 4.78 is 47.7. The van der Waals surface area contributed by atoms with Gasteiger partial charge in [-0.15, -0.1) is 0 Å². The first-order valence-electron chi connectivity index (χ1n) is 8.87. The van der Waals surface area contributed by atoms with E-state index in [9.17, 15) is 18.0 Å². The summed E-state index contributed by atoms with van der Waals surface area (Å²) >= 11 is 0. The van der Waals surface area contributed by atoms with Gasteiger partial charge >= 0.3 is 12.1 Å². The third-order valence-electron chi connectivity index (χ3n) is 4.99. The van der Waals surface area contributed by atoms with Gasteiger partial charge in [0.05, 0.1) is 6.54 Å². The minimum Gasteiger partial charge on any atom is -0.489 e. The molecule has 27 heavy (non-hydrogen) atoms. The van der Waals surface area contributed by atoms with E-state index >= 15 is 0 Å². The molecule has 1 aliphatic carbocycles. The zero-order chi connectivity index (χ0) is 19.0. The minimum absolute atomic E-state index is 0.0816. The van der Waals surface area contributed by atoms with E-state index in [0.29, 0.717) is 24.4 Å². The van der Waals surface area contributed by atoms with E-state index in [1.54, 1.807) is 24.3 Å². The molecule has 1 saturated carbocycles. The molecule has 2 fully saturated rings. The van der Waals surface area contributed by atoms with Gasteiger partial charge in [0.1, 0.15) is 11.9 Å². The summed E-state index contributed by atoms with van der Waals surface area (Å²) in [5, 5.41) is 3.35. The van der Waals surface area contributed by atoms with E-state index in [0.717, 1.165) is 25.7 Å². The molecule has 0 bridgehead atoms. The van der Waals surface area contributed by atoms with Crippen LogP contribution in [0.15, 0.2) is 28.8 Å². The highest BCUT2D eigenvalue weighted by Crippen LogP contribution is 2.31. The summed E-state index contributed by atoms with van der Waals surface area (Å²) in [7, 11) is 0. The monoisotopic (exact) mass is 381 g/mol. The fourth-order valence-corrected chi connectivity index (χ4v) is 3.27. The number of carbonyl (C=O) groups excluding carboxylic acids is 1. The van der Waals surface area contributed by atoms with Gasteiger partial charge < -0.3 is 14.2 Å². The maximum absolute atomic E-state index is 12.5. The highest BCUT2D eigenvalue weighted by atomic mass is 19.4. The molecule has 2 heterocycles. The zero-order valence-corrected chi connectivity index (χ0v) is 14.4. The van der Waals surface area contributed by atoms with E-state index in [1.807, 2.05) is 4.90 Å². The van der Waals surface area contributed by atoms with Crippen LogP contribution in [0.2, 0.25) is 0 Å². The molecule has 0 radical (unpaired) electrons. The lowest BCUT2D eigenvalue weighted by Crippen LogP contribution is -2.38. The number of carbonyl (C=O) groups is 1. The van der Waals surface area contributed by atoms with Gasteiger partial charge in [0.2, 0.25) is 11.7 Å². The molecule has 1 aromatic carbocycles. The Balaban J connectivity index is 1.36. The number of aromatic nitrogens is 2. The second kappa shape index (κ2) is 6.86. The molecule has 0 N–H and O–H groups in total. The van der Waals surface area contributed by atoms with Crippen LogP contribution in [0.4, 0.5) is 13.2 Å². The largest absolute Gasteiger partial charge is 0.489 e. The first-order chi connectivity index (χ1) is 12.9. The van der Waals surface area contributed by atoms with Crippen LogP contribution in [0.3, 0.4) is 0 Å². The van der Waals surface area contributed by atoms with Crippen LogP contribution < -0.4 is 4.74 Å². The normalized spacial score (nSPS) is 20.6. The van der Waals surface area contributed by atoms with Crippen molar-refractivity contribution in [3.05, 3.63) is 30.2 Å². The van der Waals surface area contributed by atoms with Crippen LogP contribution in [0.25, 0.3) is 11.4 Å². The number of benzene rings is 1. The molecule has 1 amide bonds. The van der Waals surface area contributed by atoms with Crippen LogP contribution in [-0.2, 0) is 11.0 Å². The van der Waals surface area contributed by atoms with Crippen molar-refractivity contribution in [1.82, 2.24) is 15.0 Å². The summed E-state index contributed by atoms with van der Waals surface area (Å²) in [5.41, 5.74) is 0.398. The summed E-state index contributed by atoms with van der Waals surface area (Å²) in [6.07, 6.45) is -0.897. The number of likely N-dealkylation sites (tertiary alicyclic amines) is 1. The van der Waals surface area contributed by atoms with Gasteiger partial charge in [0.15, 0.2) is 0 Å². The highest BCUT2D eigenvalue weighted by molar-refractivity contribution is 5.79. The Labute approximate surface area is 153 Å². The van der Waals surface area contributed by atoms with Gasteiger partial charge in [0.25, 0.3) is 0 Å². The maximum atomic E-state index is 12.5. The first kappa shape index (κ1) is 17.8. The number of alkyl halides is 3. The molecule has 144 valence electrons. The van der Waals surface area contributed by atoms with E-state index < -0.39 is 12.1 Å². The zero-order valence-electron chi connectivity index (χ0n) is 14.4. The van der Waals surface area contributed by atoms with Gasteiger partial charge in [-0.2, -0.15) is 18.2 Å². The number of ether oxygens (including phenoxy) is 1. The van der Waals surface area contributed by atoms with E-state index in [4.69, 9.17) is 4.74 Å². The van der Waals surface area contributed by atoms with Crippen molar-refractivity contribution in [3.8, 4) is 17.1 Å². The molecular weight excluding hydrogens is 363 g/mol. The predicted octanol–water partition coefficient (Wildman–Crippen LogP) is 3.54. The molecule has 6 nitrogen and oxygen atoms in total. The Morgan fingerprint density at radius 1 is 1.19 bits per heavy atom. The first-order valence-corrected chi connectivity index (χ1v) is 8.87. The van der Waals surface area contributed by atoms with Crippen LogP contribution in [0, 0.1) is 5.92 Å². The van der Waals surface area contributed by atoms with Crippen molar-refractivity contribution in [2.75, 3.05) is 13.1 Å². The third-order valence-corrected chi connectivity index (χ3v) is 4.99. The number of hydrogen-bond donors (Lipinski definition) is 0. The lowest BCUT2D eigenvalue weighted by Gasteiger charge is -2.29. The van der Waals surface area contributed by atoms with Gasteiger partial charge in [-0.05, 0) is 37.1 Å². The Morgan fingerprint density at radius 2 is 1.93 bits per heavy atom. The molecule has 4 rings (SSSR count). The quantitative estimate of drug-likeness (QED) is 0.810. The van der Waals surface area contributed by atoms with Crippen molar-refractivity contribution in [2.24, 2.45) is 5.92 Å². The number of rotatable bonds is 4. The molecule has 0 spiro atoms. The molecular formula is C18H18F3N3O3. The Bertz CT molecular complexity index is 815. The molecule has 1 atom stereocenters. The molecule has 0 unspecified atom stereocenters. The molecule has 1 aliphatic heterocycles. The van der Waals surface area contributed by atoms with Crippen molar-refractivity contribution in [3.63, 3.8) is 0 Å². The number of nitrogens with zero attached hydrogens (tertiary/aromatic N) is 3. The average molecular weight is 381 g/mol. The second-order valence-electron chi connectivity index (χ2n) is 6.89. The topological polar surface area (TPSA) is 68.5 Å². The summed E-state index contributed by atoms with van der Waals surface area (Å²) in [5.74, 6) is -0.520. The fourth-order valence-electron chi connectivity index (χ4n) is 3.27. The molecule has 9 heteroatoms. The van der Waals surface area contributed by atoms with Crippen molar-refractivity contribution < 1.29 is 27.2 Å². The smallest absolute Gasteiger partial charge is 0.471 e. The van der Waals surface area contributed by atoms with Crippen LogP contribution in [0.1, 0.15) is 31.6 Å². The Hall–Kier alpha value is -2.58. The summed E-state index contributed by atoms with van der Waals surface area (Å²) in [4.78, 5) is 17.5. The van der Waals surface area contributed by atoms with E-state index in [1.165, 1.54) is 0 Å². The Morgan fingerprint density at radius 3 is 2.52 bits per heavy atom. The number of hydrogen-bond acceptors (Lipinski definition) is 5. The van der Waals surface area contributed by atoms with Gasteiger partial charge in [-0.3, -0.25) is 4.79 Å². The second-order valence-corrected chi connectivity index (χ2v) is 6.89. The summed E-state index contributed by atoms with van der Waals surface area (Å²) in [6.45, 7) is 1.26. The SMILES string of the molecule is O=C(C1CCC1)N1CC[C@@H](Oc2ccc(-c3noc(C(F)(F)F)n3)cc2)C1. The van der Waals surface area contributed by atoms with E-state index in [2.05, 4.69) is 14.7 Å². The molecule has 2 aliphatic rings. The number of halogens is 3. The lowest BCUT2D eigenvalue weighted by molar-refractivity contribution is -0.159. The van der Waals surface area contributed by atoms with Crippen molar-refractivity contribution in [1.29, 1.82) is 0 Å². The predicted molar refractivity (Wildman–Crippen MR) is 87.7 cm³/mol. The maximum Gasteiger partial charge on any atom is 0.471 e. The standard InChI is InChI=1S/C18H18F3N3O3/c19-18(20,21)17-22-15(23-27-17)11-4-6-13(7-5-11)26-14-8-9-24(10-14)16(25)12-2-1-3-12/h4-7,12,14H,1-3,8-10H2/t14-/m1/s1. The Kier molecular flexibility index (Phi) is 4.53. The van der Waals surface area contributed by atoms with E-state index in [-0.39, 0.29) is 23.8 Å². The molecule has 1 saturated heterocycles.